The normalized spacial score (nSPS) is 12.7. The summed E-state index contributed by atoms with van der Waals surface area (Å²) in [7, 11) is 0. The number of thioether (sulfide) groups is 1. The molecule has 0 heterocycles. The third-order valence-corrected chi connectivity index (χ3v) is 3.19. The number of nitrogens with one attached hydrogen (secondary N) is 1. The van der Waals surface area contributed by atoms with Crippen molar-refractivity contribution in [3.8, 4) is 0 Å². The molecule has 0 spiro atoms. The molecule has 0 aromatic heterocycles. The van der Waals surface area contributed by atoms with E-state index >= 15 is 0 Å². The van der Waals surface area contributed by atoms with E-state index in [1.807, 2.05) is 24.8 Å². The number of allylic oxidation sites excluding steroid dienone is 3. The van der Waals surface area contributed by atoms with Crippen LogP contribution < -0.4 is 5.32 Å². The molecule has 1 nitrogen and oxygen atoms in total. The van der Waals surface area contributed by atoms with E-state index in [2.05, 4.69) is 38.4 Å². The topological polar surface area (TPSA) is 12.0 Å². The SMILES string of the molecule is C=C(C)/C=C/[C@H](C)NC(=C)CCSCCC. The van der Waals surface area contributed by atoms with Crippen LogP contribution in [-0.4, -0.2) is 17.5 Å². The van der Waals surface area contributed by atoms with Gasteiger partial charge in [0, 0.05) is 11.7 Å². The van der Waals surface area contributed by atoms with Crippen molar-refractivity contribution in [1.29, 1.82) is 0 Å². The van der Waals surface area contributed by atoms with Gasteiger partial charge in [0.15, 0.2) is 0 Å². The second kappa shape index (κ2) is 9.59. The second-order valence-corrected chi connectivity index (χ2v) is 5.33. The smallest absolute Gasteiger partial charge is 0.0416 e. The first kappa shape index (κ1) is 15.4. The molecule has 1 atom stereocenters. The number of hydrogen-bond acceptors (Lipinski definition) is 2. The third kappa shape index (κ3) is 9.91. The zero-order valence-corrected chi connectivity index (χ0v) is 11.7. The highest BCUT2D eigenvalue weighted by atomic mass is 32.2. The monoisotopic (exact) mass is 239 g/mol. The first-order valence-corrected chi connectivity index (χ1v) is 7.07. The Morgan fingerprint density at radius 2 is 2.06 bits per heavy atom. The Labute approximate surface area is 105 Å². The summed E-state index contributed by atoms with van der Waals surface area (Å²) < 4.78 is 0. The van der Waals surface area contributed by atoms with Crippen molar-refractivity contribution in [2.75, 3.05) is 11.5 Å². The predicted octanol–water partition coefficient (Wildman–Crippen LogP) is 4.14. The highest BCUT2D eigenvalue weighted by molar-refractivity contribution is 7.99. The molecule has 0 bridgehead atoms. The summed E-state index contributed by atoms with van der Waals surface area (Å²) >= 11 is 1.99. The van der Waals surface area contributed by atoms with Crippen LogP contribution in [0.1, 0.15) is 33.6 Å². The van der Waals surface area contributed by atoms with Gasteiger partial charge in [0.1, 0.15) is 0 Å². The van der Waals surface area contributed by atoms with Crippen molar-refractivity contribution in [3.05, 3.63) is 36.6 Å². The molecule has 2 heteroatoms. The summed E-state index contributed by atoms with van der Waals surface area (Å²) in [6, 6.07) is 0.334. The van der Waals surface area contributed by atoms with Crippen LogP contribution >= 0.6 is 11.8 Å². The van der Waals surface area contributed by atoms with Crippen LogP contribution in [0.5, 0.6) is 0 Å². The number of rotatable bonds is 9. The summed E-state index contributed by atoms with van der Waals surface area (Å²) in [5.41, 5.74) is 2.21. The van der Waals surface area contributed by atoms with Crippen LogP contribution in [0.2, 0.25) is 0 Å². The van der Waals surface area contributed by atoms with Crippen molar-refractivity contribution in [3.63, 3.8) is 0 Å². The van der Waals surface area contributed by atoms with Gasteiger partial charge in [0.25, 0.3) is 0 Å². The quantitative estimate of drug-likeness (QED) is 0.479. The van der Waals surface area contributed by atoms with Crippen LogP contribution in [0.3, 0.4) is 0 Å². The molecule has 0 radical (unpaired) electrons. The Balaban J connectivity index is 3.66. The first-order valence-electron chi connectivity index (χ1n) is 5.92. The van der Waals surface area contributed by atoms with E-state index in [4.69, 9.17) is 0 Å². The average molecular weight is 239 g/mol. The maximum Gasteiger partial charge on any atom is 0.0416 e. The van der Waals surface area contributed by atoms with Gasteiger partial charge in [-0.1, -0.05) is 37.8 Å². The zero-order chi connectivity index (χ0) is 12.4. The van der Waals surface area contributed by atoms with E-state index in [9.17, 15) is 0 Å². The summed E-state index contributed by atoms with van der Waals surface area (Å²) in [4.78, 5) is 0. The lowest BCUT2D eigenvalue weighted by atomic mass is 10.2. The number of hydrogen-bond donors (Lipinski definition) is 1. The fourth-order valence-corrected chi connectivity index (χ4v) is 2.08. The van der Waals surface area contributed by atoms with Crippen molar-refractivity contribution < 1.29 is 0 Å². The van der Waals surface area contributed by atoms with Crippen LogP contribution in [-0.2, 0) is 0 Å². The molecule has 0 unspecified atom stereocenters. The molecule has 0 aliphatic carbocycles. The molecule has 0 aromatic rings. The molecule has 0 aliphatic rings. The lowest BCUT2D eigenvalue weighted by Gasteiger charge is -2.13. The molecule has 0 saturated heterocycles. The fraction of sp³-hybridized carbons (Fsp3) is 0.571. The van der Waals surface area contributed by atoms with Crippen molar-refractivity contribution in [2.45, 2.75) is 39.7 Å². The molecule has 92 valence electrons. The minimum Gasteiger partial charge on any atom is -0.383 e. The van der Waals surface area contributed by atoms with Crippen molar-refractivity contribution in [1.82, 2.24) is 5.32 Å². The Morgan fingerprint density at radius 1 is 1.38 bits per heavy atom. The van der Waals surface area contributed by atoms with Crippen molar-refractivity contribution in [2.24, 2.45) is 0 Å². The van der Waals surface area contributed by atoms with Gasteiger partial charge in [0.2, 0.25) is 0 Å². The maximum atomic E-state index is 4.04. The Hall–Kier alpha value is -0.630. The van der Waals surface area contributed by atoms with E-state index < -0.39 is 0 Å². The van der Waals surface area contributed by atoms with E-state index in [0.717, 1.165) is 23.4 Å². The Kier molecular flexibility index (Phi) is 9.21. The molecule has 0 aliphatic heterocycles. The first-order chi connectivity index (χ1) is 7.56. The molecule has 0 fully saturated rings. The Morgan fingerprint density at radius 3 is 2.62 bits per heavy atom. The highest BCUT2D eigenvalue weighted by Crippen LogP contribution is 2.08. The van der Waals surface area contributed by atoms with Gasteiger partial charge >= 0.3 is 0 Å². The molecule has 16 heavy (non-hydrogen) atoms. The van der Waals surface area contributed by atoms with Gasteiger partial charge in [-0.05, 0) is 38.2 Å². The van der Waals surface area contributed by atoms with Crippen LogP contribution in [0, 0.1) is 0 Å². The lowest BCUT2D eigenvalue weighted by molar-refractivity contribution is 0.707. The minimum atomic E-state index is 0.334. The van der Waals surface area contributed by atoms with E-state index in [1.165, 1.54) is 12.2 Å². The lowest BCUT2D eigenvalue weighted by Crippen LogP contribution is -2.23. The van der Waals surface area contributed by atoms with E-state index in [1.54, 1.807) is 0 Å². The Bertz CT molecular complexity index is 243. The van der Waals surface area contributed by atoms with Gasteiger partial charge in [-0.2, -0.15) is 11.8 Å². The molecule has 1 N–H and O–H groups in total. The molecule has 0 amide bonds. The third-order valence-electron chi connectivity index (χ3n) is 2.00. The molecule has 0 saturated carbocycles. The summed E-state index contributed by atoms with van der Waals surface area (Å²) in [6.45, 7) is 14.2. The largest absolute Gasteiger partial charge is 0.383 e. The second-order valence-electron chi connectivity index (χ2n) is 4.10. The van der Waals surface area contributed by atoms with Gasteiger partial charge in [0.05, 0.1) is 0 Å². The average Bonchev–Trinajstić information content (AvgIpc) is 2.21. The summed E-state index contributed by atoms with van der Waals surface area (Å²) in [5, 5.41) is 3.38. The highest BCUT2D eigenvalue weighted by Gasteiger charge is 1.98. The van der Waals surface area contributed by atoms with Crippen molar-refractivity contribution >= 4 is 11.8 Å². The van der Waals surface area contributed by atoms with Gasteiger partial charge in [-0.15, -0.1) is 0 Å². The zero-order valence-electron chi connectivity index (χ0n) is 10.9. The summed E-state index contributed by atoms with van der Waals surface area (Å²) in [5.74, 6) is 2.41. The van der Waals surface area contributed by atoms with Crippen LogP contribution in [0.15, 0.2) is 36.6 Å². The molecule has 0 aromatic carbocycles. The summed E-state index contributed by atoms with van der Waals surface area (Å²) in [6.07, 6.45) is 6.46. The predicted molar refractivity (Wildman–Crippen MR) is 77.9 cm³/mol. The van der Waals surface area contributed by atoms with Gasteiger partial charge in [-0.25, -0.2) is 0 Å². The van der Waals surface area contributed by atoms with E-state index in [-0.39, 0.29) is 0 Å². The van der Waals surface area contributed by atoms with Crippen LogP contribution in [0.4, 0.5) is 0 Å². The maximum absolute atomic E-state index is 4.04. The van der Waals surface area contributed by atoms with Gasteiger partial charge in [-0.3, -0.25) is 0 Å². The standard InChI is InChI=1S/C14H25NS/c1-6-10-16-11-9-14(5)15-13(4)8-7-12(2)3/h7-8,13,15H,2,5-6,9-11H2,1,3-4H3/b8-7+/t13-/m0/s1. The minimum absolute atomic E-state index is 0.334. The van der Waals surface area contributed by atoms with E-state index in [0.29, 0.717) is 6.04 Å². The molecule has 0 rings (SSSR count). The molecular weight excluding hydrogens is 214 g/mol. The van der Waals surface area contributed by atoms with Gasteiger partial charge < -0.3 is 5.32 Å². The molecular formula is C14H25NS. The fourth-order valence-electron chi connectivity index (χ4n) is 1.19. The van der Waals surface area contributed by atoms with Crippen LogP contribution in [0.25, 0.3) is 0 Å².